The first-order valence-electron chi connectivity index (χ1n) is 1.81. The van der Waals surface area contributed by atoms with Crippen LogP contribution in [0.2, 0.25) is 0 Å². The molecule has 0 radical (unpaired) electrons. The zero-order valence-corrected chi connectivity index (χ0v) is 3.88. The van der Waals surface area contributed by atoms with E-state index in [1.807, 2.05) is 0 Å². The van der Waals surface area contributed by atoms with Gasteiger partial charge in [0.1, 0.15) is 5.92 Å². The summed E-state index contributed by atoms with van der Waals surface area (Å²) >= 11 is 0. The highest BCUT2D eigenvalue weighted by atomic mass is 24.3. The van der Waals surface area contributed by atoms with Gasteiger partial charge in [-0.15, -0.1) is 0 Å². The quantitative estimate of drug-likeness (QED) is 0.472. The van der Waals surface area contributed by atoms with Crippen molar-refractivity contribution in [2.75, 3.05) is 0 Å². The lowest BCUT2D eigenvalue weighted by atomic mass is 10.2. The summed E-state index contributed by atoms with van der Waals surface area (Å²) in [6, 6.07) is 1.56. The first-order chi connectivity index (χ1) is 3.18. The van der Waals surface area contributed by atoms with Gasteiger partial charge in [-0.3, -0.25) is 4.79 Å². The van der Waals surface area contributed by atoms with Crippen LogP contribution in [-0.4, -0.2) is 34.1 Å². The van der Waals surface area contributed by atoms with Gasteiger partial charge in [0, 0.05) is 0 Å². The first kappa shape index (κ1) is 10.7. The average molecular weight is 125 g/mol. The SMILES string of the molecule is CC(C#N)C(=O)O.[MgH2]. The maximum atomic E-state index is 9.71. The lowest BCUT2D eigenvalue weighted by Crippen LogP contribution is -2.05. The predicted octanol–water partition coefficient (Wildman–Crippen LogP) is -0.686. The van der Waals surface area contributed by atoms with Crippen molar-refractivity contribution in [1.82, 2.24) is 0 Å². The van der Waals surface area contributed by atoms with Gasteiger partial charge in [0.25, 0.3) is 0 Å². The van der Waals surface area contributed by atoms with Gasteiger partial charge >= 0.3 is 29.0 Å². The number of aliphatic carboxylic acids is 1. The first-order valence-corrected chi connectivity index (χ1v) is 1.81. The monoisotopic (exact) mass is 125 g/mol. The van der Waals surface area contributed by atoms with E-state index in [0.29, 0.717) is 0 Å². The van der Waals surface area contributed by atoms with E-state index >= 15 is 0 Å². The lowest BCUT2D eigenvalue weighted by molar-refractivity contribution is -0.139. The molecule has 0 heterocycles. The Bertz CT molecular complexity index is 118. The van der Waals surface area contributed by atoms with E-state index in [0.717, 1.165) is 0 Å². The van der Waals surface area contributed by atoms with Gasteiger partial charge in [0.05, 0.1) is 6.07 Å². The van der Waals surface area contributed by atoms with Crippen molar-refractivity contribution in [3.8, 4) is 6.07 Å². The summed E-state index contributed by atoms with van der Waals surface area (Å²) in [5.41, 5.74) is 0. The van der Waals surface area contributed by atoms with Crippen molar-refractivity contribution in [3.05, 3.63) is 0 Å². The second-order valence-electron chi connectivity index (χ2n) is 1.19. The smallest absolute Gasteiger partial charge is 0.320 e. The number of carboxylic acid groups (broad SMARTS) is 1. The van der Waals surface area contributed by atoms with Crippen LogP contribution < -0.4 is 0 Å². The van der Waals surface area contributed by atoms with Crippen molar-refractivity contribution < 1.29 is 9.90 Å². The van der Waals surface area contributed by atoms with Crippen LogP contribution in [0.5, 0.6) is 0 Å². The van der Waals surface area contributed by atoms with Crippen molar-refractivity contribution in [3.63, 3.8) is 0 Å². The minimum atomic E-state index is -1.07. The van der Waals surface area contributed by atoms with Crippen LogP contribution in [0.3, 0.4) is 0 Å². The highest BCUT2D eigenvalue weighted by molar-refractivity contribution is 5.75. The fourth-order valence-corrected chi connectivity index (χ4v) is 0.0552. The minimum absolute atomic E-state index is 0. The van der Waals surface area contributed by atoms with Crippen molar-refractivity contribution in [1.29, 1.82) is 5.26 Å². The van der Waals surface area contributed by atoms with E-state index in [9.17, 15) is 4.79 Å². The fraction of sp³-hybridized carbons (Fsp3) is 0.500. The predicted molar refractivity (Wildman–Crippen MR) is 31.0 cm³/mol. The van der Waals surface area contributed by atoms with Gasteiger partial charge in [0.2, 0.25) is 0 Å². The molecule has 0 spiro atoms. The second-order valence-corrected chi connectivity index (χ2v) is 1.19. The molecule has 3 nitrogen and oxygen atoms in total. The van der Waals surface area contributed by atoms with Crippen LogP contribution in [-0.2, 0) is 4.79 Å². The Hall–Kier alpha value is -0.274. The molecule has 0 saturated heterocycles. The molecule has 0 bridgehead atoms. The van der Waals surface area contributed by atoms with Gasteiger partial charge in [-0.2, -0.15) is 5.26 Å². The fourth-order valence-electron chi connectivity index (χ4n) is 0.0552. The standard InChI is InChI=1S/C4H5NO2.Mg.2H/c1-3(2-5)4(6)7;;;/h3H,1H3,(H,6,7);;;. The van der Waals surface area contributed by atoms with E-state index in [4.69, 9.17) is 10.4 Å². The third kappa shape index (κ3) is 3.90. The molecule has 0 saturated carbocycles. The Morgan fingerprint density at radius 2 is 2.25 bits per heavy atom. The van der Waals surface area contributed by atoms with E-state index in [-0.39, 0.29) is 23.1 Å². The van der Waals surface area contributed by atoms with Crippen molar-refractivity contribution in [2.45, 2.75) is 6.92 Å². The molecule has 1 atom stereocenters. The molecule has 1 N–H and O–H groups in total. The average Bonchev–Trinajstić information content (AvgIpc) is 1.65. The van der Waals surface area contributed by atoms with E-state index < -0.39 is 11.9 Å². The summed E-state index contributed by atoms with van der Waals surface area (Å²) < 4.78 is 0. The minimum Gasteiger partial charge on any atom is -0.480 e. The number of carbonyl (C=O) groups is 1. The van der Waals surface area contributed by atoms with Crippen LogP contribution >= 0.6 is 0 Å². The number of nitrogens with zero attached hydrogens (tertiary/aromatic N) is 1. The normalized spacial score (nSPS) is 10.5. The van der Waals surface area contributed by atoms with Crippen LogP contribution in [0.25, 0.3) is 0 Å². The summed E-state index contributed by atoms with van der Waals surface area (Å²) in [4.78, 5) is 9.71. The largest absolute Gasteiger partial charge is 0.480 e. The van der Waals surface area contributed by atoms with E-state index in [2.05, 4.69) is 0 Å². The summed E-state index contributed by atoms with van der Waals surface area (Å²) in [7, 11) is 0. The molecule has 0 aromatic rings. The Labute approximate surface area is 63.5 Å². The highest BCUT2D eigenvalue weighted by Crippen LogP contribution is 1.87. The lowest BCUT2D eigenvalue weighted by Gasteiger charge is -1.86. The van der Waals surface area contributed by atoms with E-state index in [1.165, 1.54) is 6.92 Å². The van der Waals surface area contributed by atoms with Gasteiger partial charge in [-0.25, -0.2) is 0 Å². The van der Waals surface area contributed by atoms with E-state index in [1.54, 1.807) is 6.07 Å². The topological polar surface area (TPSA) is 61.1 Å². The molecule has 42 valence electrons. The number of carboxylic acids is 1. The Morgan fingerprint density at radius 3 is 2.25 bits per heavy atom. The zero-order chi connectivity index (χ0) is 5.86. The molecule has 0 aliphatic rings. The molecule has 0 rings (SSSR count). The molecule has 1 unspecified atom stereocenters. The molecule has 0 aliphatic heterocycles. The molecule has 8 heavy (non-hydrogen) atoms. The molecule has 0 aliphatic carbocycles. The molecule has 4 heteroatoms. The van der Waals surface area contributed by atoms with Crippen molar-refractivity contribution in [2.24, 2.45) is 5.92 Å². The van der Waals surface area contributed by atoms with Crippen LogP contribution in [0.15, 0.2) is 0 Å². The second kappa shape index (κ2) is 4.87. The summed E-state index contributed by atoms with van der Waals surface area (Å²) in [6.07, 6.45) is 0. The van der Waals surface area contributed by atoms with Crippen LogP contribution in [0, 0.1) is 17.2 Å². The van der Waals surface area contributed by atoms with Crippen molar-refractivity contribution >= 4 is 29.0 Å². The summed E-state index contributed by atoms with van der Waals surface area (Å²) in [6.45, 7) is 1.34. The number of hydrogen-bond acceptors (Lipinski definition) is 2. The third-order valence-corrected chi connectivity index (χ3v) is 0.564. The molecule has 0 fully saturated rings. The van der Waals surface area contributed by atoms with Crippen LogP contribution in [0.4, 0.5) is 0 Å². The molecular weight excluding hydrogens is 118 g/mol. The molecule has 0 aromatic heterocycles. The Kier molecular flexibility index (Phi) is 6.50. The molecule has 0 aromatic carbocycles. The van der Waals surface area contributed by atoms with Gasteiger partial charge in [0.15, 0.2) is 0 Å². The Balaban J connectivity index is 0. The van der Waals surface area contributed by atoms with Gasteiger partial charge < -0.3 is 5.11 Å². The molecular formula is C4H7MgNO2. The highest BCUT2D eigenvalue weighted by Gasteiger charge is 2.06. The summed E-state index contributed by atoms with van der Waals surface area (Å²) in [5.74, 6) is -1.94. The third-order valence-electron chi connectivity index (χ3n) is 0.564. The van der Waals surface area contributed by atoms with Crippen LogP contribution in [0.1, 0.15) is 6.92 Å². The van der Waals surface area contributed by atoms with Gasteiger partial charge in [-0.1, -0.05) is 0 Å². The number of hydrogen-bond donors (Lipinski definition) is 1. The maximum Gasteiger partial charge on any atom is 0.320 e. The molecule has 0 amide bonds. The maximum absolute atomic E-state index is 9.71. The zero-order valence-electron chi connectivity index (χ0n) is 3.88. The van der Waals surface area contributed by atoms with Gasteiger partial charge in [-0.05, 0) is 6.92 Å². The Morgan fingerprint density at radius 1 is 1.88 bits per heavy atom. The number of rotatable bonds is 1. The summed E-state index contributed by atoms with van der Waals surface area (Å²) in [5, 5.41) is 15.8. The number of nitriles is 1.